The van der Waals surface area contributed by atoms with E-state index in [0.29, 0.717) is 0 Å². The second kappa shape index (κ2) is 17.9. The summed E-state index contributed by atoms with van der Waals surface area (Å²) in [6.07, 6.45) is 8.97. The summed E-state index contributed by atoms with van der Waals surface area (Å²) in [7, 11) is 0. The zero-order valence-corrected chi connectivity index (χ0v) is 42.3. The lowest BCUT2D eigenvalue weighted by atomic mass is 9.81. The van der Waals surface area contributed by atoms with Crippen LogP contribution >= 0.6 is 0 Å². The topological polar surface area (TPSA) is 6.48 Å². The molecule has 2 nitrogen and oxygen atoms in total. The molecule has 2 aliphatic carbocycles. The summed E-state index contributed by atoms with van der Waals surface area (Å²) in [5.74, 6) is 0. The molecule has 0 saturated carbocycles. The summed E-state index contributed by atoms with van der Waals surface area (Å²) in [6.45, 7) is 9.49. The Kier molecular flexibility index (Phi) is 10.9. The van der Waals surface area contributed by atoms with Gasteiger partial charge in [-0.15, -0.1) is 0 Å². The smallest absolute Gasteiger partial charge is 0.0540 e. The molecule has 13 rings (SSSR count). The third kappa shape index (κ3) is 7.74. The molecule has 0 saturated heterocycles. The lowest BCUT2D eigenvalue weighted by Gasteiger charge is -2.29. The highest BCUT2D eigenvalue weighted by molar-refractivity contribution is 6.01. The highest BCUT2D eigenvalue weighted by Crippen LogP contribution is 2.53. The molecule has 0 atom stereocenters. The number of para-hydroxylation sites is 2. The zero-order chi connectivity index (χ0) is 50.0. The van der Waals surface area contributed by atoms with E-state index in [1.807, 2.05) is 0 Å². The minimum Gasteiger partial charge on any atom is -0.310 e. The molecule has 0 N–H and O–H groups in total. The highest BCUT2D eigenvalue weighted by Gasteiger charge is 2.38. The maximum Gasteiger partial charge on any atom is 0.0540 e. The van der Waals surface area contributed by atoms with Gasteiger partial charge in [-0.1, -0.05) is 234 Å². The van der Waals surface area contributed by atoms with Gasteiger partial charge in [0.25, 0.3) is 0 Å². The third-order valence-electron chi connectivity index (χ3n) is 15.8. The van der Waals surface area contributed by atoms with Crippen LogP contribution in [-0.2, 0) is 10.8 Å². The van der Waals surface area contributed by atoms with Crippen LogP contribution < -0.4 is 9.80 Å². The largest absolute Gasteiger partial charge is 0.310 e. The van der Waals surface area contributed by atoms with E-state index in [1.165, 1.54) is 99.7 Å². The minimum atomic E-state index is -0.176. The highest BCUT2D eigenvalue weighted by atomic mass is 15.1. The van der Waals surface area contributed by atoms with Crippen molar-refractivity contribution in [2.75, 3.05) is 9.80 Å². The summed E-state index contributed by atoms with van der Waals surface area (Å²) in [6, 6.07) is 88.9. The van der Waals surface area contributed by atoms with Crippen molar-refractivity contribution in [1.29, 1.82) is 0 Å². The first-order chi connectivity index (χ1) is 36.2. The average molecular weight is 949 g/mol. The Hall–Kier alpha value is -8.98. The van der Waals surface area contributed by atoms with Crippen molar-refractivity contribution in [2.24, 2.45) is 0 Å². The van der Waals surface area contributed by atoms with Gasteiger partial charge >= 0.3 is 0 Å². The molecule has 354 valence electrons. The molecule has 0 amide bonds. The lowest BCUT2D eigenvalue weighted by molar-refractivity contribution is 0.660. The van der Waals surface area contributed by atoms with Crippen LogP contribution in [0, 0.1) is 0 Å². The monoisotopic (exact) mass is 948 g/mol. The second-order valence-electron chi connectivity index (χ2n) is 21.0. The van der Waals surface area contributed by atoms with Crippen molar-refractivity contribution in [3.05, 3.63) is 287 Å². The fraction of sp³-hybridized carbons (Fsp3) is 0.0833. The number of hydrogen-bond acceptors (Lipinski definition) is 2. The molecule has 0 radical (unpaired) electrons. The molecule has 0 aromatic heterocycles. The maximum atomic E-state index is 2.42. The van der Waals surface area contributed by atoms with Gasteiger partial charge in [0, 0.05) is 44.4 Å². The second-order valence-corrected chi connectivity index (χ2v) is 21.0. The van der Waals surface area contributed by atoms with Crippen molar-refractivity contribution < 1.29 is 0 Å². The van der Waals surface area contributed by atoms with E-state index in [4.69, 9.17) is 0 Å². The van der Waals surface area contributed by atoms with Crippen molar-refractivity contribution in [1.82, 2.24) is 0 Å². The van der Waals surface area contributed by atoms with Crippen LogP contribution in [0.3, 0.4) is 0 Å². The molecule has 2 aliphatic rings. The Bertz CT molecular complexity index is 3730. The Balaban J connectivity index is 0.727. The van der Waals surface area contributed by atoms with Crippen LogP contribution in [0.4, 0.5) is 34.1 Å². The van der Waals surface area contributed by atoms with Crippen molar-refractivity contribution in [2.45, 2.75) is 38.5 Å². The maximum absolute atomic E-state index is 2.42. The van der Waals surface area contributed by atoms with Gasteiger partial charge in [0.2, 0.25) is 0 Å². The van der Waals surface area contributed by atoms with Gasteiger partial charge in [-0.2, -0.15) is 0 Å². The van der Waals surface area contributed by atoms with E-state index in [-0.39, 0.29) is 10.8 Å². The van der Waals surface area contributed by atoms with Crippen LogP contribution in [0.5, 0.6) is 0 Å². The molecule has 0 fully saturated rings. The van der Waals surface area contributed by atoms with Gasteiger partial charge in [-0.3, -0.25) is 0 Å². The Morgan fingerprint density at radius 1 is 0.270 bits per heavy atom. The quantitative estimate of drug-likeness (QED) is 0.126. The third-order valence-corrected chi connectivity index (χ3v) is 15.8. The van der Waals surface area contributed by atoms with E-state index in [1.54, 1.807) is 0 Å². The molecule has 0 unspecified atom stereocenters. The Labute approximate surface area is 435 Å². The van der Waals surface area contributed by atoms with Crippen LogP contribution in [0.2, 0.25) is 0 Å². The van der Waals surface area contributed by atoms with E-state index in [9.17, 15) is 0 Å². The lowest BCUT2D eigenvalue weighted by Crippen LogP contribution is -2.16. The molecule has 74 heavy (non-hydrogen) atoms. The summed E-state index contributed by atoms with van der Waals surface area (Å²) in [4.78, 5) is 4.82. The summed E-state index contributed by atoms with van der Waals surface area (Å²) < 4.78 is 0. The van der Waals surface area contributed by atoms with Gasteiger partial charge in [-0.25, -0.2) is 0 Å². The number of benzene rings is 11. The van der Waals surface area contributed by atoms with E-state index >= 15 is 0 Å². The first-order valence-corrected chi connectivity index (χ1v) is 25.9. The molecule has 0 bridgehead atoms. The predicted molar refractivity (Wildman–Crippen MR) is 317 cm³/mol. The molecule has 0 spiro atoms. The van der Waals surface area contributed by atoms with Crippen molar-refractivity contribution in [3.63, 3.8) is 0 Å². The number of anilines is 6. The standard InChI is InChI=1S/C72H56N2/c1-71(2)65-45-51(37-41-61(65)63-43-39-57(47-67(63)71)73(55-21-7-5-8-22-55)69-27-15-19-53-17-11-13-25-59(53)69)35-33-49-29-31-50(32-30-49)34-36-52-38-42-62-64-44-40-58(48-68(64)72(3,4)66(62)46-52)74(56-23-9-6-10-24-56)70-28-16-20-54-18-12-14-26-60(54)70/h5-48H,1-4H3/b35-33+,36-34+. The molecule has 2 heteroatoms. The number of fused-ring (bicyclic) bond motifs is 8. The zero-order valence-electron chi connectivity index (χ0n) is 42.3. The van der Waals surface area contributed by atoms with Crippen LogP contribution in [-0.4, -0.2) is 0 Å². The normalized spacial score (nSPS) is 13.8. The number of rotatable bonds is 10. The summed E-state index contributed by atoms with van der Waals surface area (Å²) >= 11 is 0. The van der Waals surface area contributed by atoms with E-state index in [0.717, 1.165) is 22.7 Å². The Morgan fingerprint density at radius 2 is 0.595 bits per heavy atom. The minimum absolute atomic E-state index is 0.176. The van der Waals surface area contributed by atoms with Gasteiger partial charge < -0.3 is 9.80 Å². The van der Waals surface area contributed by atoms with Gasteiger partial charge in [-0.05, 0) is 138 Å². The molecular weight excluding hydrogens is 893 g/mol. The van der Waals surface area contributed by atoms with Gasteiger partial charge in [0.05, 0.1) is 11.4 Å². The fourth-order valence-electron chi connectivity index (χ4n) is 11.9. The van der Waals surface area contributed by atoms with E-state index < -0.39 is 0 Å². The first kappa shape index (κ1) is 44.9. The summed E-state index contributed by atoms with van der Waals surface area (Å²) in [5, 5.41) is 4.93. The van der Waals surface area contributed by atoms with Crippen molar-refractivity contribution in [3.8, 4) is 22.3 Å². The van der Waals surface area contributed by atoms with Crippen LogP contribution in [0.15, 0.2) is 243 Å². The van der Waals surface area contributed by atoms with Crippen LogP contribution in [0.1, 0.15) is 72.2 Å². The first-order valence-electron chi connectivity index (χ1n) is 25.9. The molecule has 11 aromatic rings. The van der Waals surface area contributed by atoms with E-state index in [2.05, 4.69) is 304 Å². The average Bonchev–Trinajstić information content (AvgIpc) is 3.81. The van der Waals surface area contributed by atoms with Crippen LogP contribution in [0.25, 0.3) is 68.1 Å². The Morgan fingerprint density at radius 3 is 1.01 bits per heavy atom. The molecule has 0 aliphatic heterocycles. The van der Waals surface area contributed by atoms with Gasteiger partial charge in [0.15, 0.2) is 0 Å². The SMILES string of the molecule is CC1(C)c2cc(/C=C/c3ccc(/C=C/c4ccc5c(c4)C(C)(C)c4cc(N(c6ccccc6)c6cccc7ccccc67)ccc4-5)cc3)ccc2-c2ccc(N(c3ccccc3)c3cccc4ccccc34)cc21. The van der Waals surface area contributed by atoms with Gasteiger partial charge in [0.1, 0.15) is 0 Å². The summed E-state index contributed by atoms with van der Waals surface area (Å²) in [5.41, 5.74) is 22.0. The predicted octanol–water partition coefficient (Wildman–Crippen LogP) is 19.9. The molecule has 0 heterocycles. The molecule has 11 aromatic carbocycles. The molecular formula is C72H56N2. The number of nitrogens with zero attached hydrogens (tertiary/aromatic N) is 2. The fourth-order valence-corrected chi connectivity index (χ4v) is 11.9. The van der Waals surface area contributed by atoms with Crippen molar-refractivity contribution >= 4 is 80.0 Å². The number of hydrogen-bond donors (Lipinski definition) is 0.